The van der Waals surface area contributed by atoms with Gasteiger partial charge in [0.25, 0.3) is 0 Å². The largest absolute Gasteiger partial charge is 0.438 e. The van der Waals surface area contributed by atoms with Crippen LogP contribution in [0.5, 0.6) is 11.6 Å². The van der Waals surface area contributed by atoms with Crippen LogP contribution in [-0.2, 0) is 6.42 Å². The number of thiophene rings is 1. The molecule has 108 valence electrons. The molecule has 1 aromatic carbocycles. The van der Waals surface area contributed by atoms with Gasteiger partial charge in [0.2, 0.25) is 11.2 Å². The first-order valence-corrected chi connectivity index (χ1v) is 7.98. The maximum absolute atomic E-state index is 6.02. The van der Waals surface area contributed by atoms with Crippen molar-refractivity contribution in [2.75, 3.05) is 0 Å². The second-order valence-corrected chi connectivity index (χ2v) is 6.34. The molecule has 0 aliphatic carbocycles. The Balaban J connectivity index is 2.11. The highest BCUT2D eigenvalue weighted by Gasteiger charge is 2.13. The third-order valence-electron chi connectivity index (χ3n) is 3.49. The predicted molar refractivity (Wildman–Crippen MR) is 87.8 cm³/mol. The van der Waals surface area contributed by atoms with Gasteiger partial charge in [0.15, 0.2) is 0 Å². The molecule has 3 aromatic rings. The van der Waals surface area contributed by atoms with Crippen LogP contribution in [-0.4, -0.2) is 9.97 Å². The molecule has 0 aliphatic heterocycles. The Morgan fingerprint density at radius 3 is 2.81 bits per heavy atom. The average molecular weight is 319 g/mol. The van der Waals surface area contributed by atoms with Crippen molar-refractivity contribution in [3.8, 4) is 11.6 Å². The molecule has 0 amide bonds. The van der Waals surface area contributed by atoms with Crippen LogP contribution in [0.3, 0.4) is 0 Å². The van der Waals surface area contributed by atoms with Crippen molar-refractivity contribution in [3.63, 3.8) is 0 Å². The Kier molecular flexibility index (Phi) is 3.83. The van der Waals surface area contributed by atoms with Crippen LogP contribution in [0.1, 0.15) is 22.9 Å². The lowest BCUT2D eigenvalue weighted by molar-refractivity contribution is 0.464. The van der Waals surface area contributed by atoms with E-state index in [2.05, 4.69) is 35.9 Å². The second kappa shape index (κ2) is 5.62. The number of benzene rings is 1. The summed E-state index contributed by atoms with van der Waals surface area (Å²) in [5.74, 6) is 1.32. The lowest BCUT2D eigenvalue weighted by Gasteiger charge is -2.10. The lowest BCUT2D eigenvalue weighted by atomic mass is 10.1. The molecule has 5 heteroatoms. The minimum atomic E-state index is 0.215. The molecule has 0 bridgehead atoms. The van der Waals surface area contributed by atoms with Gasteiger partial charge in [0, 0.05) is 4.88 Å². The minimum absolute atomic E-state index is 0.215. The molecule has 3 rings (SSSR count). The van der Waals surface area contributed by atoms with Crippen LogP contribution < -0.4 is 4.74 Å². The summed E-state index contributed by atoms with van der Waals surface area (Å²) in [5.41, 5.74) is 2.29. The normalized spacial score (nSPS) is 11.0. The summed E-state index contributed by atoms with van der Waals surface area (Å²) in [4.78, 5) is 10.6. The second-order valence-electron chi connectivity index (χ2n) is 4.88. The van der Waals surface area contributed by atoms with E-state index in [0.717, 1.165) is 28.0 Å². The SMILES string of the molecule is CCc1cc2c(Oc3cccc(C)c3C)nc(Cl)nc2s1. The zero-order valence-corrected chi connectivity index (χ0v) is 13.7. The van der Waals surface area contributed by atoms with Crippen LogP contribution in [0.4, 0.5) is 0 Å². The number of hydrogen-bond donors (Lipinski definition) is 0. The van der Waals surface area contributed by atoms with Crippen molar-refractivity contribution in [3.05, 3.63) is 45.6 Å². The van der Waals surface area contributed by atoms with Gasteiger partial charge in [-0.05, 0) is 55.1 Å². The first-order chi connectivity index (χ1) is 10.1. The highest BCUT2D eigenvalue weighted by atomic mass is 35.5. The van der Waals surface area contributed by atoms with Gasteiger partial charge in [0.1, 0.15) is 10.6 Å². The van der Waals surface area contributed by atoms with Gasteiger partial charge < -0.3 is 4.74 Å². The van der Waals surface area contributed by atoms with E-state index in [0.29, 0.717) is 5.88 Å². The topological polar surface area (TPSA) is 35.0 Å². The minimum Gasteiger partial charge on any atom is -0.438 e. The molecule has 2 heterocycles. The van der Waals surface area contributed by atoms with Crippen LogP contribution in [0, 0.1) is 13.8 Å². The van der Waals surface area contributed by atoms with Gasteiger partial charge in [-0.3, -0.25) is 0 Å². The summed E-state index contributed by atoms with van der Waals surface area (Å²) in [6, 6.07) is 8.06. The molecule has 0 N–H and O–H groups in total. The van der Waals surface area contributed by atoms with Crippen molar-refractivity contribution in [2.24, 2.45) is 0 Å². The van der Waals surface area contributed by atoms with Crippen molar-refractivity contribution in [1.29, 1.82) is 0 Å². The van der Waals surface area contributed by atoms with Gasteiger partial charge in [-0.1, -0.05) is 19.1 Å². The maximum atomic E-state index is 6.02. The first kappa shape index (κ1) is 14.3. The van der Waals surface area contributed by atoms with Crippen LogP contribution in [0.15, 0.2) is 24.3 Å². The van der Waals surface area contributed by atoms with Gasteiger partial charge in [0.05, 0.1) is 5.39 Å². The van der Waals surface area contributed by atoms with Crippen LogP contribution in [0.25, 0.3) is 10.2 Å². The fraction of sp³-hybridized carbons (Fsp3) is 0.250. The molecule has 0 fully saturated rings. The molecular formula is C16H15ClN2OS. The summed E-state index contributed by atoms with van der Waals surface area (Å²) in [7, 11) is 0. The Labute approximate surface area is 132 Å². The fourth-order valence-corrected chi connectivity index (χ4v) is 3.28. The summed E-state index contributed by atoms with van der Waals surface area (Å²) in [6.45, 7) is 6.21. The van der Waals surface area contributed by atoms with Crippen LogP contribution >= 0.6 is 22.9 Å². The fourth-order valence-electron chi connectivity index (χ4n) is 2.11. The van der Waals surface area contributed by atoms with E-state index in [9.17, 15) is 0 Å². The Morgan fingerprint density at radius 2 is 2.05 bits per heavy atom. The van der Waals surface area contributed by atoms with Crippen molar-refractivity contribution in [2.45, 2.75) is 27.2 Å². The summed E-state index contributed by atoms with van der Waals surface area (Å²) in [5, 5.41) is 1.13. The van der Waals surface area contributed by atoms with Gasteiger partial charge in [-0.2, -0.15) is 4.98 Å². The highest BCUT2D eigenvalue weighted by Crippen LogP contribution is 2.35. The summed E-state index contributed by atoms with van der Waals surface area (Å²) >= 11 is 7.65. The molecule has 21 heavy (non-hydrogen) atoms. The Bertz CT molecular complexity index is 813. The maximum Gasteiger partial charge on any atom is 0.232 e. The number of ether oxygens (including phenoxy) is 1. The van der Waals surface area contributed by atoms with Crippen molar-refractivity contribution >= 4 is 33.2 Å². The molecule has 0 radical (unpaired) electrons. The van der Waals surface area contributed by atoms with E-state index in [-0.39, 0.29) is 5.28 Å². The van der Waals surface area contributed by atoms with E-state index in [4.69, 9.17) is 16.3 Å². The lowest BCUT2D eigenvalue weighted by Crippen LogP contribution is -1.94. The van der Waals surface area contributed by atoms with Crippen molar-refractivity contribution < 1.29 is 4.74 Å². The van der Waals surface area contributed by atoms with Crippen molar-refractivity contribution in [1.82, 2.24) is 9.97 Å². The average Bonchev–Trinajstić information content (AvgIpc) is 2.87. The molecule has 0 atom stereocenters. The molecule has 0 aliphatic rings. The van der Waals surface area contributed by atoms with E-state index in [1.165, 1.54) is 10.4 Å². The number of halogens is 1. The van der Waals surface area contributed by atoms with Crippen LogP contribution in [0.2, 0.25) is 5.28 Å². The first-order valence-electron chi connectivity index (χ1n) is 6.78. The van der Waals surface area contributed by atoms with E-state index in [1.807, 2.05) is 19.1 Å². The van der Waals surface area contributed by atoms with Gasteiger partial charge in [-0.15, -0.1) is 11.3 Å². The Morgan fingerprint density at radius 1 is 1.24 bits per heavy atom. The molecular weight excluding hydrogens is 304 g/mol. The quantitative estimate of drug-likeness (QED) is 0.613. The van der Waals surface area contributed by atoms with E-state index < -0.39 is 0 Å². The number of fused-ring (bicyclic) bond motifs is 1. The summed E-state index contributed by atoms with van der Waals surface area (Å²) < 4.78 is 6.01. The number of hydrogen-bond acceptors (Lipinski definition) is 4. The molecule has 0 saturated carbocycles. The molecule has 3 nitrogen and oxygen atoms in total. The summed E-state index contributed by atoms with van der Waals surface area (Å²) in [6.07, 6.45) is 0.960. The zero-order chi connectivity index (χ0) is 15.0. The van der Waals surface area contributed by atoms with Gasteiger partial charge >= 0.3 is 0 Å². The molecule has 0 unspecified atom stereocenters. The molecule has 0 saturated heterocycles. The third-order valence-corrected chi connectivity index (χ3v) is 4.83. The van der Waals surface area contributed by atoms with E-state index >= 15 is 0 Å². The number of aryl methyl sites for hydroxylation is 2. The predicted octanol–water partition coefficient (Wildman–Crippen LogP) is 5.32. The third kappa shape index (κ3) is 2.74. The smallest absolute Gasteiger partial charge is 0.232 e. The monoisotopic (exact) mass is 318 g/mol. The zero-order valence-electron chi connectivity index (χ0n) is 12.1. The Hall–Kier alpha value is -1.65. The number of nitrogens with zero attached hydrogens (tertiary/aromatic N) is 2. The highest BCUT2D eigenvalue weighted by molar-refractivity contribution is 7.18. The van der Waals surface area contributed by atoms with E-state index in [1.54, 1.807) is 11.3 Å². The number of aromatic nitrogens is 2. The molecule has 0 spiro atoms. The number of rotatable bonds is 3. The van der Waals surface area contributed by atoms with Gasteiger partial charge in [-0.25, -0.2) is 4.98 Å². The molecule has 2 aromatic heterocycles. The standard InChI is InChI=1S/C16H15ClN2OS/c1-4-11-8-12-14(18-16(17)19-15(12)21-11)20-13-7-5-6-9(2)10(13)3/h5-8H,4H2,1-3H3.